The van der Waals surface area contributed by atoms with Crippen molar-refractivity contribution in [3.8, 4) is 0 Å². The Morgan fingerprint density at radius 2 is 1.73 bits per heavy atom. The molecule has 0 saturated carbocycles. The van der Waals surface area contributed by atoms with Crippen LogP contribution in [-0.2, 0) is 13.0 Å². The Morgan fingerprint density at radius 3 is 2.47 bits per heavy atom. The van der Waals surface area contributed by atoms with Crippen LogP contribution in [0.25, 0.3) is 0 Å². The SMILES string of the molecule is CC(C)c1ccc(NC(=O)c2cc(C(=O)N3CCc4ccccc4C3)ccn2)cc1. The number of amides is 2. The van der Waals surface area contributed by atoms with Gasteiger partial charge in [0.25, 0.3) is 11.8 Å². The lowest BCUT2D eigenvalue weighted by Crippen LogP contribution is -2.36. The molecular weight excluding hydrogens is 374 g/mol. The smallest absolute Gasteiger partial charge is 0.274 e. The molecule has 0 bridgehead atoms. The van der Waals surface area contributed by atoms with E-state index >= 15 is 0 Å². The van der Waals surface area contributed by atoms with Crippen LogP contribution in [0.1, 0.15) is 57.3 Å². The molecule has 1 aliphatic rings. The highest BCUT2D eigenvalue weighted by Gasteiger charge is 2.22. The fourth-order valence-electron chi connectivity index (χ4n) is 3.69. The summed E-state index contributed by atoms with van der Waals surface area (Å²) < 4.78 is 0. The van der Waals surface area contributed by atoms with Gasteiger partial charge in [0.05, 0.1) is 0 Å². The number of pyridine rings is 1. The molecule has 5 nitrogen and oxygen atoms in total. The zero-order chi connectivity index (χ0) is 21.1. The van der Waals surface area contributed by atoms with Crippen molar-refractivity contribution in [3.05, 3.63) is 94.8 Å². The Kier molecular flexibility index (Phi) is 5.61. The van der Waals surface area contributed by atoms with Crippen LogP contribution in [0.3, 0.4) is 0 Å². The topological polar surface area (TPSA) is 62.3 Å². The maximum absolute atomic E-state index is 13.0. The molecule has 2 aromatic carbocycles. The van der Waals surface area contributed by atoms with Gasteiger partial charge in [-0.1, -0.05) is 50.2 Å². The van der Waals surface area contributed by atoms with E-state index in [4.69, 9.17) is 0 Å². The lowest BCUT2D eigenvalue weighted by atomic mass is 9.99. The van der Waals surface area contributed by atoms with Gasteiger partial charge in [0.1, 0.15) is 5.69 Å². The third kappa shape index (κ3) is 4.25. The molecule has 0 spiro atoms. The Balaban J connectivity index is 1.47. The van der Waals surface area contributed by atoms with Crippen molar-refractivity contribution in [2.75, 3.05) is 11.9 Å². The quantitative estimate of drug-likeness (QED) is 0.694. The van der Waals surface area contributed by atoms with E-state index in [1.807, 2.05) is 41.3 Å². The molecule has 1 aromatic heterocycles. The maximum atomic E-state index is 13.0. The van der Waals surface area contributed by atoms with E-state index in [-0.39, 0.29) is 17.5 Å². The molecule has 3 aromatic rings. The Morgan fingerprint density at radius 1 is 1.00 bits per heavy atom. The van der Waals surface area contributed by atoms with Crippen LogP contribution < -0.4 is 5.32 Å². The normalized spacial score (nSPS) is 13.1. The number of anilines is 1. The Bertz CT molecular complexity index is 1070. The van der Waals surface area contributed by atoms with Crippen molar-refractivity contribution in [1.82, 2.24) is 9.88 Å². The molecule has 0 saturated heterocycles. The monoisotopic (exact) mass is 399 g/mol. The fourth-order valence-corrected chi connectivity index (χ4v) is 3.69. The predicted molar refractivity (Wildman–Crippen MR) is 118 cm³/mol. The summed E-state index contributed by atoms with van der Waals surface area (Å²) in [5, 5.41) is 2.86. The third-order valence-corrected chi connectivity index (χ3v) is 5.49. The molecule has 2 amide bonds. The minimum absolute atomic E-state index is 0.0813. The van der Waals surface area contributed by atoms with Crippen molar-refractivity contribution in [2.24, 2.45) is 0 Å². The molecule has 30 heavy (non-hydrogen) atoms. The lowest BCUT2D eigenvalue weighted by molar-refractivity contribution is 0.0734. The maximum Gasteiger partial charge on any atom is 0.274 e. The number of carbonyl (C=O) groups excluding carboxylic acids is 2. The number of carbonyl (C=O) groups is 2. The van der Waals surface area contributed by atoms with E-state index in [1.165, 1.54) is 22.9 Å². The van der Waals surface area contributed by atoms with Crippen LogP contribution in [-0.4, -0.2) is 28.2 Å². The standard InChI is InChI=1S/C25H25N3O2/c1-17(2)18-7-9-22(10-8-18)27-24(29)23-15-20(11-13-26-23)25(30)28-14-12-19-5-3-4-6-21(19)16-28/h3-11,13,15,17H,12,14,16H2,1-2H3,(H,27,29). The number of nitrogens with zero attached hydrogens (tertiary/aromatic N) is 2. The second-order valence-electron chi connectivity index (χ2n) is 7.91. The van der Waals surface area contributed by atoms with Crippen molar-refractivity contribution in [2.45, 2.75) is 32.7 Å². The molecule has 0 atom stereocenters. The Labute approximate surface area is 176 Å². The van der Waals surface area contributed by atoms with E-state index in [0.29, 0.717) is 30.3 Å². The number of hydrogen-bond donors (Lipinski definition) is 1. The number of nitrogens with one attached hydrogen (secondary N) is 1. The number of benzene rings is 2. The predicted octanol–water partition coefficient (Wildman–Crippen LogP) is 4.66. The first kappa shape index (κ1) is 19.8. The first-order valence-corrected chi connectivity index (χ1v) is 10.2. The minimum Gasteiger partial charge on any atom is -0.334 e. The van der Waals surface area contributed by atoms with Crippen LogP contribution in [0, 0.1) is 0 Å². The molecule has 152 valence electrons. The summed E-state index contributed by atoms with van der Waals surface area (Å²) >= 11 is 0. The summed E-state index contributed by atoms with van der Waals surface area (Å²) in [7, 11) is 0. The molecule has 0 fully saturated rings. The highest BCUT2D eigenvalue weighted by atomic mass is 16.2. The number of aromatic nitrogens is 1. The summed E-state index contributed by atoms with van der Waals surface area (Å²) in [6, 6.07) is 19.2. The van der Waals surface area contributed by atoms with Crippen LogP contribution >= 0.6 is 0 Å². The van der Waals surface area contributed by atoms with E-state index in [9.17, 15) is 9.59 Å². The van der Waals surface area contributed by atoms with Gasteiger partial charge >= 0.3 is 0 Å². The van der Waals surface area contributed by atoms with Gasteiger partial charge in [-0.15, -0.1) is 0 Å². The average Bonchev–Trinajstić information content (AvgIpc) is 2.78. The molecule has 0 radical (unpaired) electrons. The van der Waals surface area contributed by atoms with E-state index in [1.54, 1.807) is 12.1 Å². The molecule has 1 N–H and O–H groups in total. The van der Waals surface area contributed by atoms with Gasteiger partial charge in [0, 0.05) is 30.5 Å². The van der Waals surface area contributed by atoms with E-state index < -0.39 is 0 Å². The van der Waals surface area contributed by atoms with Gasteiger partial charge < -0.3 is 10.2 Å². The van der Waals surface area contributed by atoms with Gasteiger partial charge in [-0.25, -0.2) is 0 Å². The van der Waals surface area contributed by atoms with Crippen molar-refractivity contribution in [1.29, 1.82) is 0 Å². The van der Waals surface area contributed by atoms with Crippen molar-refractivity contribution in [3.63, 3.8) is 0 Å². The van der Waals surface area contributed by atoms with Crippen molar-refractivity contribution < 1.29 is 9.59 Å². The Hall–Kier alpha value is -3.47. The van der Waals surface area contributed by atoms with Gasteiger partial charge in [-0.3, -0.25) is 14.6 Å². The highest BCUT2D eigenvalue weighted by Crippen LogP contribution is 2.21. The molecule has 0 aliphatic carbocycles. The van der Waals surface area contributed by atoms with Crippen LogP contribution in [0.4, 0.5) is 5.69 Å². The molecule has 1 aliphatic heterocycles. The molecule has 0 unspecified atom stereocenters. The van der Waals surface area contributed by atoms with Crippen LogP contribution in [0.2, 0.25) is 0 Å². The molecule has 5 heteroatoms. The van der Waals surface area contributed by atoms with Gasteiger partial charge in [0.2, 0.25) is 0 Å². The van der Waals surface area contributed by atoms with Gasteiger partial charge in [0.15, 0.2) is 0 Å². The zero-order valence-corrected chi connectivity index (χ0v) is 17.3. The van der Waals surface area contributed by atoms with Crippen LogP contribution in [0.15, 0.2) is 66.9 Å². The van der Waals surface area contributed by atoms with Gasteiger partial charge in [-0.05, 0) is 53.3 Å². The number of fused-ring (bicyclic) bond motifs is 1. The second-order valence-corrected chi connectivity index (χ2v) is 7.91. The highest BCUT2D eigenvalue weighted by molar-refractivity contribution is 6.04. The first-order chi connectivity index (χ1) is 14.5. The lowest BCUT2D eigenvalue weighted by Gasteiger charge is -2.29. The zero-order valence-electron chi connectivity index (χ0n) is 17.3. The van der Waals surface area contributed by atoms with Crippen LogP contribution in [0.5, 0.6) is 0 Å². The largest absolute Gasteiger partial charge is 0.334 e. The summed E-state index contributed by atoms with van der Waals surface area (Å²) in [6.07, 6.45) is 2.36. The molecular formula is C25H25N3O2. The summed E-state index contributed by atoms with van der Waals surface area (Å²) in [6.45, 7) is 5.50. The summed E-state index contributed by atoms with van der Waals surface area (Å²) in [5.74, 6) is 0.0223. The average molecular weight is 399 g/mol. The first-order valence-electron chi connectivity index (χ1n) is 10.2. The molecule has 4 rings (SSSR count). The molecule has 2 heterocycles. The number of hydrogen-bond acceptors (Lipinski definition) is 3. The van der Waals surface area contributed by atoms with Gasteiger partial charge in [-0.2, -0.15) is 0 Å². The van der Waals surface area contributed by atoms with E-state index in [0.717, 1.165) is 6.42 Å². The summed E-state index contributed by atoms with van der Waals surface area (Å²) in [5.41, 5.74) is 5.09. The fraction of sp³-hybridized carbons (Fsp3) is 0.240. The van der Waals surface area contributed by atoms with Crippen molar-refractivity contribution >= 4 is 17.5 Å². The second kappa shape index (κ2) is 8.49. The van der Waals surface area contributed by atoms with E-state index in [2.05, 4.69) is 36.3 Å². The third-order valence-electron chi connectivity index (χ3n) is 5.49. The minimum atomic E-state index is -0.328. The number of rotatable bonds is 4. The summed E-state index contributed by atoms with van der Waals surface area (Å²) in [4.78, 5) is 31.6.